The van der Waals surface area contributed by atoms with Crippen molar-refractivity contribution >= 4 is 32.5 Å². The van der Waals surface area contributed by atoms with Gasteiger partial charge in [0, 0.05) is 28.7 Å². The van der Waals surface area contributed by atoms with Crippen molar-refractivity contribution in [3.63, 3.8) is 0 Å². The van der Waals surface area contributed by atoms with E-state index in [1.54, 1.807) is 57.2 Å². The van der Waals surface area contributed by atoms with Gasteiger partial charge in [-0.25, -0.2) is 8.42 Å². The zero-order valence-corrected chi connectivity index (χ0v) is 17.6. The molecule has 0 aliphatic carbocycles. The first-order valence-electron chi connectivity index (χ1n) is 8.80. The van der Waals surface area contributed by atoms with E-state index in [9.17, 15) is 21.6 Å². The minimum atomic E-state index is -4.78. The Morgan fingerprint density at radius 2 is 1.72 bits per heavy atom. The van der Waals surface area contributed by atoms with Gasteiger partial charge in [0.05, 0.1) is 4.90 Å². The van der Waals surface area contributed by atoms with E-state index >= 15 is 0 Å². The highest BCUT2D eigenvalue weighted by Gasteiger charge is 2.43. The number of halogens is 4. The van der Waals surface area contributed by atoms with E-state index < -0.39 is 28.8 Å². The van der Waals surface area contributed by atoms with E-state index in [2.05, 4.69) is 0 Å². The number of aryl methyl sites for hydroxylation is 3. The van der Waals surface area contributed by atoms with Crippen LogP contribution >= 0.6 is 11.6 Å². The van der Waals surface area contributed by atoms with Crippen LogP contribution in [0.15, 0.2) is 47.5 Å². The maximum absolute atomic E-state index is 13.7. The van der Waals surface area contributed by atoms with Gasteiger partial charge in [0.1, 0.15) is 6.04 Å². The Bertz CT molecular complexity index is 1150. The first-order chi connectivity index (χ1) is 13.4. The molecule has 0 fully saturated rings. The molecule has 0 bridgehead atoms. The molecule has 9 heteroatoms. The Morgan fingerprint density at radius 3 is 2.31 bits per heavy atom. The zero-order valence-electron chi connectivity index (χ0n) is 16.0. The molecule has 29 heavy (non-hydrogen) atoms. The highest BCUT2D eigenvalue weighted by atomic mass is 35.5. The molecule has 0 amide bonds. The van der Waals surface area contributed by atoms with Gasteiger partial charge in [-0.2, -0.15) is 17.9 Å². The van der Waals surface area contributed by atoms with Gasteiger partial charge in [0.25, 0.3) is 0 Å². The van der Waals surface area contributed by atoms with Gasteiger partial charge >= 0.3 is 6.18 Å². The van der Waals surface area contributed by atoms with E-state index in [4.69, 9.17) is 11.6 Å². The van der Waals surface area contributed by atoms with E-state index in [0.29, 0.717) is 27.1 Å². The van der Waals surface area contributed by atoms with Crippen LogP contribution in [0.3, 0.4) is 0 Å². The van der Waals surface area contributed by atoms with Crippen LogP contribution in [0.1, 0.15) is 16.7 Å². The molecule has 0 aliphatic heterocycles. The third-order valence-electron chi connectivity index (χ3n) is 4.71. The van der Waals surface area contributed by atoms with E-state index in [0.717, 1.165) is 5.56 Å². The molecule has 1 atom stereocenters. The fraction of sp³-hybridized carbons (Fsp3) is 0.300. The van der Waals surface area contributed by atoms with Crippen molar-refractivity contribution in [3.05, 3.63) is 64.3 Å². The molecule has 2 aromatic carbocycles. The molecule has 1 N–H and O–H groups in total. The van der Waals surface area contributed by atoms with Crippen LogP contribution in [0.5, 0.6) is 0 Å². The third-order valence-corrected chi connectivity index (χ3v) is 6.81. The lowest BCUT2D eigenvalue weighted by atomic mass is 10.1. The van der Waals surface area contributed by atoms with Gasteiger partial charge in [0.2, 0.25) is 10.0 Å². The molecule has 1 aromatic heterocycles. The smallest absolute Gasteiger partial charge is 0.345 e. The van der Waals surface area contributed by atoms with Gasteiger partial charge in [-0.3, -0.25) is 0 Å². The maximum atomic E-state index is 13.7. The molecular weight excluding hydrogens is 425 g/mol. The summed E-state index contributed by atoms with van der Waals surface area (Å²) in [5.74, 6) is 0. The van der Waals surface area contributed by atoms with Crippen molar-refractivity contribution < 1.29 is 21.6 Å². The summed E-state index contributed by atoms with van der Waals surface area (Å²) < 4.78 is 70.1. The van der Waals surface area contributed by atoms with Crippen molar-refractivity contribution in [1.29, 1.82) is 0 Å². The summed E-state index contributed by atoms with van der Waals surface area (Å²) in [7, 11) is -4.39. The van der Waals surface area contributed by atoms with Crippen LogP contribution in [0.25, 0.3) is 10.9 Å². The van der Waals surface area contributed by atoms with E-state index in [1.807, 2.05) is 4.72 Å². The average Bonchev–Trinajstić information content (AvgIpc) is 2.96. The SMILES string of the molecule is Cc1cc(C)c(S(=O)(=O)NC(Cn2ccc3c(Cl)cccc32)C(F)(F)F)c(C)c1. The lowest BCUT2D eigenvalue weighted by Gasteiger charge is -2.24. The molecule has 0 saturated heterocycles. The Morgan fingerprint density at radius 1 is 1.10 bits per heavy atom. The van der Waals surface area contributed by atoms with Crippen LogP contribution in [0, 0.1) is 20.8 Å². The number of rotatable bonds is 5. The van der Waals surface area contributed by atoms with Crippen molar-refractivity contribution in [3.8, 4) is 0 Å². The molecule has 3 rings (SSSR count). The second-order valence-corrected chi connectivity index (χ2v) is 9.14. The number of hydrogen-bond donors (Lipinski definition) is 1. The molecule has 1 heterocycles. The minimum absolute atomic E-state index is 0.127. The van der Waals surface area contributed by atoms with E-state index in [-0.39, 0.29) is 4.90 Å². The summed E-state index contributed by atoms with van der Waals surface area (Å²) in [6.07, 6.45) is -3.32. The summed E-state index contributed by atoms with van der Waals surface area (Å²) in [5, 5.41) is 1.01. The number of aromatic nitrogens is 1. The third kappa shape index (κ3) is 4.44. The van der Waals surface area contributed by atoms with Crippen LogP contribution < -0.4 is 4.72 Å². The second kappa shape index (κ2) is 7.66. The van der Waals surface area contributed by atoms with Crippen molar-refractivity contribution in [2.45, 2.75) is 44.4 Å². The fourth-order valence-corrected chi connectivity index (χ4v) is 5.48. The summed E-state index contributed by atoms with van der Waals surface area (Å²) in [4.78, 5) is -0.127. The number of hydrogen-bond acceptors (Lipinski definition) is 2. The Kier molecular flexibility index (Phi) is 5.73. The molecule has 156 valence electrons. The summed E-state index contributed by atoms with van der Waals surface area (Å²) in [6, 6.07) is 7.47. The lowest BCUT2D eigenvalue weighted by molar-refractivity contribution is -0.154. The van der Waals surface area contributed by atoms with E-state index in [1.165, 1.54) is 10.8 Å². The minimum Gasteiger partial charge on any atom is -0.345 e. The maximum Gasteiger partial charge on any atom is 0.406 e. The van der Waals surface area contributed by atoms with Crippen molar-refractivity contribution in [1.82, 2.24) is 9.29 Å². The molecule has 0 saturated carbocycles. The van der Waals surface area contributed by atoms with Gasteiger partial charge in [-0.05, 0) is 50.1 Å². The Balaban J connectivity index is 1.99. The van der Waals surface area contributed by atoms with Crippen LogP contribution in [-0.4, -0.2) is 25.2 Å². The van der Waals surface area contributed by atoms with Crippen molar-refractivity contribution in [2.75, 3.05) is 0 Å². The number of alkyl halides is 3. The van der Waals surface area contributed by atoms with Crippen LogP contribution in [0.4, 0.5) is 13.2 Å². The topological polar surface area (TPSA) is 51.1 Å². The Labute approximate surface area is 172 Å². The first-order valence-corrected chi connectivity index (χ1v) is 10.7. The monoisotopic (exact) mass is 444 g/mol. The molecule has 0 aliphatic rings. The summed E-state index contributed by atoms with van der Waals surface area (Å²) >= 11 is 6.08. The summed E-state index contributed by atoms with van der Waals surface area (Å²) in [5.41, 5.74) is 2.12. The van der Waals surface area contributed by atoms with Gasteiger partial charge in [-0.15, -0.1) is 0 Å². The van der Waals surface area contributed by atoms with Crippen LogP contribution in [-0.2, 0) is 16.6 Å². The largest absolute Gasteiger partial charge is 0.406 e. The normalized spacial score (nSPS) is 13.8. The Hall–Kier alpha value is -2.03. The average molecular weight is 445 g/mol. The number of nitrogens with zero attached hydrogens (tertiary/aromatic N) is 1. The molecular formula is C20H20ClF3N2O2S. The highest BCUT2D eigenvalue weighted by molar-refractivity contribution is 7.89. The molecule has 0 spiro atoms. The predicted octanol–water partition coefficient (Wildman–Crippen LogP) is 5.13. The number of nitrogens with one attached hydrogen (secondary N) is 1. The van der Waals surface area contributed by atoms with Gasteiger partial charge in [-0.1, -0.05) is 35.4 Å². The molecule has 4 nitrogen and oxygen atoms in total. The number of fused-ring (bicyclic) bond motifs is 1. The molecule has 3 aromatic rings. The molecule has 1 unspecified atom stereocenters. The quantitative estimate of drug-likeness (QED) is 0.593. The highest BCUT2D eigenvalue weighted by Crippen LogP contribution is 2.29. The first kappa shape index (κ1) is 21.7. The summed E-state index contributed by atoms with van der Waals surface area (Å²) in [6.45, 7) is 4.32. The second-order valence-electron chi connectivity index (χ2n) is 7.08. The predicted molar refractivity (Wildman–Crippen MR) is 108 cm³/mol. The lowest BCUT2D eigenvalue weighted by Crippen LogP contribution is -2.48. The number of sulfonamides is 1. The number of benzene rings is 2. The molecule has 0 radical (unpaired) electrons. The zero-order chi connectivity index (χ0) is 21.6. The van der Waals surface area contributed by atoms with Crippen LogP contribution in [0.2, 0.25) is 5.02 Å². The fourth-order valence-electron chi connectivity index (χ4n) is 3.59. The van der Waals surface area contributed by atoms with Gasteiger partial charge < -0.3 is 4.57 Å². The van der Waals surface area contributed by atoms with Crippen molar-refractivity contribution in [2.24, 2.45) is 0 Å². The standard InChI is InChI=1S/C20H20ClF3N2O2S/c1-12-9-13(2)19(14(3)10-12)29(27,28)25-18(20(22,23)24)11-26-8-7-15-16(21)5-4-6-17(15)26/h4-10,18,25H,11H2,1-3H3. The van der Waals surface area contributed by atoms with Gasteiger partial charge in [0.15, 0.2) is 0 Å².